The molecule has 0 saturated carbocycles. The molecule has 0 aliphatic heterocycles. The van der Waals surface area contributed by atoms with Gasteiger partial charge in [-0.3, -0.25) is 0 Å². The third kappa shape index (κ3) is 4.11. The van der Waals surface area contributed by atoms with Gasteiger partial charge >= 0.3 is 18.5 Å². The Balaban J connectivity index is 3.57. The van der Waals surface area contributed by atoms with Crippen molar-refractivity contribution in [3.63, 3.8) is 0 Å². The van der Waals surface area contributed by atoms with E-state index in [1.807, 2.05) is 0 Å². The summed E-state index contributed by atoms with van der Waals surface area (Å²) in [6.45, 7) is 0. The number of carbonyl (C=O) groups excluding carboxylic acids is 1. The molecule has 0 aliphatic carbocycles. The van der Waals surface area contributed by atoms with Gasteiger partial charge in [-0.15, -0.1) is 13.2 Å². The van der Waals surface area contributed by atoms with Crippen LogP contribution in [0.5, 0.6) is 5.88 Å². The highest BCUT2D eigenvalue weighted by molar-refractivity contribution is 14.1. The Kier molecular flexibility index (Phi) is 4.71. The monoisotopic (exact) mass is 415 g/mol. The van der Waals surface area contributed by atoms with Crippen LogP contribution < -0.4 is 4.74 Å². The number of esters is 1. The first kappa shape index (κ1) is 16.8. The average Bonchev–Trinajstić information content (AvgIpc) is 2.22. The fourth-order valence-electron chi connectivity index (χ4n) is 1.22. The lowest BCUT2D eigenvalue weighted by Crippen LogP contribution is -2.24. The second-order valence-corrected chi connectivity index (χ2v) is 4.32. The van der Waals surface area contributed by atoms with E-state index < -0.39 is 35.5 Å². The minimum Gasteiger partial charge on any atom is -0.465 e. The van der Waals surface area contributed by atoms with E-state index in [0.717, 1.165) is 7.11 Å². The standard InChI is InChI=1S/C9H4F6INO3/c1-19-7(18)3-2-4(16)17-6(20-9(13,14)15)5(3)8(10,11)12/h2H,1H3. The van der Waals surface area contributed by atoms with Gasteiger partial charge < -0.3 is 9.47 Å². The van der Waals surface area contributed by atoms with Gasteiger partial charge in [-0.2, -0.15) is 13.2 Å². The van der Waals surface area contributed by atoms with Crippen molar-refractivity contribution in [3.8, 4) is 5.88 Å². The van der Waals surface area contributed by atoms with E-state index in [-0.39, 0.29) is 3.70 Å². The zero-order chi connectivity index (χ0) is 15.7. The highest BCUT2D eigenvalue weighted by Crippen LogP contribution is 2.40. The Hall–Kier alpha value is -1.27. The Bertz CT molecular complexity index is 528. The molecule has 0 unspecified atom stereocenters. The first-order valence-corrected chi connectivity index (χ1v) is 5.65. The lowest BCUT2D eigenvalue weighted by atomic mass is 10.1. The number of aromatic nitrogens is 1. The predicted octanol–water partition coefficient (Wildman–Crippen LogP) is 3.39. The fourth-order valence-corrected chi connectivity index (χ4v) is 1.75. The van der Waals surface area contributed by atoms with Gasteiger partial charge in [0, 0.05) is 0 Å². The summed E-state index contributed by atoms with van der Waals surface area (Å²) in [4.78, 5) is 14.3. The van der Waals surface area contributed by atoms with Gasteiger partial charge in [0.2, 0.25) is 5.88 Å². The lowest BCUT2D eigenvalue weighted by Gasteiger charge is -2.17. The first-order valence-electron chi connectivity index (χ1n) is 4.57. The molecule has 0 aromatic carbocycles. The van der Waals surface area contributed by atoms with Crippen LogP contribution in [0.4, 0.5) is 26.3 Å². The number of pyridine rings is 1. The van der Waals surface area contributed by atoms with E-state index in [1.54, 1.807) is 0 Å². The SMILES string of the molecule is COC(=O)c1cc(I)nc(OC(F)(F)F)c1C(F)(F)F. The summed E-state index contributed by atoms with van der Waals surface area (Å²) in [5, 5.41) is 0. The average molecular weight is 415 g/mol. The second kappa shape index (κ2) is 5.61. The molecule has 4 nitrogen and oxygen atoms in total. The molecule has 112 valence electrons. The molecule has 20 heavy (non-hydrogen) atoms. The van der Waals surface area contributed by atoms with E-state index in [2.05, 4.69) is 14.5 Å². The molecule has 0 spiro atoms. The van der Waals surface area contributed by atoms with Crippen LogP contribution in [0.25, 0.3) is 0 Å². The molecule has 0 saturated heterocycles. The van der Waals surface area contributed by atoms with Gasteiger partial charge in [0.05, 0.1) is 12.7 Å². The molecule has 11 heteroatoms. The van der Waals surface area contributed by atoms with Crippen LogP contribution in [-0.2, 0) is 10.9 Å². The van der Waals surface area contributed by atoms with Crippen molar-refractivity contribution in [3.05, 3.63) is 20.9 Å². The van der Waals surface area contributed by atoms with E-state index in [0.29, 0.717) is 6.07 Å². The summed E-state index contributed by atoms with van der Waals surface area (Å²) in [5.74, 6) is -3.21. The fraction of sp³-hybridized carbons (Fsp3) is 0.333. The molecule has 0 atom stereocenters. The van der Waals surface area contributed by atoms with E-state index in [9.17, 15) is 31.1 Å². The lowest BCUT2D eigenvalue weighted by molar-refractivity contribution is -0.278. The number of hydrogen-bond donors (Lipinski definition) is 0. The van der Waals surface area contributed by atoms with Crippen LogP contribution in [0.3, 0.4) is 0 Å². The van der Waals surface area contributed by atoms with Gasteiger partial charge in [-0.25, -0.2) is 9.78 Å². The van der Waals surface area contributed by atoms with Crippen molar-refractivity contribution in [1.29, 1.82) is 0 Å². The largest absolute Gasteiger partial charge is 0.574 e. The zero-order valence-corrected chi connectivity index (χ0v) is 11.6. The van der Waals surface area contributed by atoms with E-state index >= 15 is 0 Å². The third-order valence-electron chi connectivity index (χ3n) is 1.86. The Morgan fingerprint density at radius 3 is 2.20 bits per heavy atom. The Morgan fingerprint density at radius 1 is 1.25 bits per heavy atom. The van der Waals surface area contributed by atoms with Gasteiger partial charge in [0.15, 0.2) is 0 Å². The number of nitrogens with zero attached hydrogens (tertiary/aromatic N) is 1. The van der Waals surface area contributed by atoms with Crippen LogP contribution in [0, 0.1) is 3.70 Å². The minimum absolute atomic E-state index is 0.296. The van der Waals surface area contributed by atoms with Crippen LogP contribution in [0.15, 0.2) is 6.07 Å². The van der Waals surface area contributed by atoms with Crippen molar-refractivity contribution in [1.82, 2.24) is 4.98 Å². The maximum Gasteiger partial charge on any atom is 0.574 e. The van der Waals surface area contributed by atoms with Gasteiger partial charge in [0.25, 0.3) is 0 Å². The highest BCUT2D eigenvalue weighted by atomic mass is 127. The normalized spacial score (nSPS) is 12.2. The first-order chi connectivity index (χ1) is 8.95. The molecule has 1 aromatic heterocycles. The maximum absolute atomic E-state index is 12.8. The Labute approximate surface area is 121 Å². The summed E-state index contributed by atoms with van der Waals surface area (Å²) in [6.07, 6.45) is -10.7. The molecule has 0 aliphatic rings. The van der Waals surface area contributed by atoms with Crippen LogP contribution in [-0.4, -0.2) is 24.4 Å². The topological polar surface area (TPSA) is 48.4 Å². The number of alkyl halides is 6. The minimum atomic E-state index is -5.38. The van der Waals surface area contributed by atoms with E-state index in [1.165, 1.54) is 22.6 Å². The molecule has 0 amide bonds. The summed E-state index contributed by atoms with van der Waals surface area (Å²) in [5.41, 5.74) is -3.05. The third-order valence-corrected chi connectivity index (χ3v) is 2.41. The van der Waals surface area contributed by atoms with Crippen molar-refractivity contribution < 1.29 is 40.6 Å². The predicted molar refractivity (Wildman–Crippen MR) is 60.0 cm³/mol. The maximum atomic E-state index is 12.8. The quantitative estimate of drug-likeness (QED) is 0.322. The smallest absolute Gasteiger partial charge is 0.465 e. The zero-order valence-electron chi connectivity index (χ0n) is 9.40. The van der Waals surface area contributed by atoms with Crippen molar-refractivity contribution >= 4 is 28.6 Å². The molecular formula is C9H4F6INO3. The number of hydrogen-bond acceptors (Lipinski definition) is 4. The molecule has 0 bridgehead atoms. The van der Waals surface area contributed by atoms with Gasteiger partial charge in [0.1, 0.15) is 9.26 Å². The van der Waals surface area contributed by atoms with Crippen molar-refractivity contribution in [2.24, 2.45) is 0 Å². The second-order valence-electron chi connectivity index (χ2n) is 3.21. The van der Waals surface area contributed by atoms with Crippen LogP contribution in [0.2, 0.25) is 0 Å². The Morgan fingerprint density at radius 2 is 1.80 bits per heavy atom. The molecular weight excluding hydrogens is 411 g/mol. The van der Waals surface area contributed by atoms with Crippen LogP contribution >= 0.6 is 22.6 Å². The van der Waals surface area contributed by atoms with Crippen molar-refractivity contribution in [2.45, 2.75) is 12.5 Å². The summed E-state index contributed by atoms with van der Waals surface area (Å²) in [7, 11) is 0.792. The van der Waals surface area contributed by atoms with Crippen LogP contribution in [0.1, 0.15) is 15.9 Å². The number of halogens is 7. The number of rotatable bonds is 2. The molecule has 0 radical (unpaired) electrons. The summed E-state index contributed by atoms with van der Waals surface area (Å²) in [6, 6.07) is 0.651. The van der Waals surface area contributed by atoms with Crippen molar-refractivity contribution in [2.75, 3.05) is 7.11 Å². The number of ether oxygens (including phenoxy) is 2. The molecule has 0 fully saturated rings. The summed E-state index contributed by atoms with van der Waals surface area (Å²) < 4.78 is 81.8. The molecule has 1 rings (SSSR count). The number of methoxy groups -OCH3 is 1. The van der Waals surface area contributed by atoms with Gasteiger partial charge in [-0.05, 0) is 28.7 Å². The molecule has 1 heterocycles. The molecule has 0 N–H and O–H groups in total. The van der Waals surface area contributed by atoms with Gasteiger partial charge in [-0.1, -0.05) is 0 Å². The molecule has 1 aromatic rings. The summed E-state index contributed by atoms with van der Waals surface area (Å²) >= 11 is 1.34. The highest BCUT2D eigenvalue weighted by Gasteiger charge is 2.44. The van der Waals surface area contributed by atoms with E-state index in [4.69, 9.17) is 0 Å². The number of carbonyl (C=O) groups is 1.